The fourth-order valence-electron chi connectivity index (χ4n) is 2.39. The molecular weight excluding hydrogens is 394 g/mol. The van der Waals surface area contributed by atoms with Crippen molar-refractivity contribution in [2.45, 2.75) is 17.9 Å². The number of nitro groups is 1. The van der Waals surface area contributed by atoms with E-state index in [-0.39, 0.29) is 16.8 Å². The number of amides is 1. The summed E-state index contributed by atoms with van der Waals surface area (Å²) < 4.78 is 31.5. The number of rotatable bonds is 7. The molecule has 10 heteroatoms. The van der Waals surface area contributed by atoms with Crippen LogP contribution in [0.1, 0.15) is 28.9 Å². The topological polar surface area (TPSA) is 98.5 Å². The maximum absolute atomic E-state index is 13.7. The van der Waals surface area contributed by atoms with Crippen LogP contribution in [0.2, 0.25) is 0 Å². The maximum atomic E-state index is 13.7. The van der Waals surface area contributed by atoms with Gasteiger partial charge in [0.1, 0.15) is 11.6 Å². The van der Waals surface area contributed by atoms with Crippen molar-refractivity contribution in [1.29, 1.82) is 0 Å². The lowest BCUT2D eigenvalue weighted by molar-refractivity contribution is -0.387. The van der Waals surface area contributed by atoms with Gasteiger partial charge in [-0.15, -0.1) is 11.8 Å². The number of hydrogen-bond acceptors (Lipinski definition) is 6. The highest BCUT2D eigenvalue weighted by Crippen LogP contribution is 2.28. The number of esters is 1. The van der Waals surface area contributed by atoms with E-state index in [2.05, 4.69) is 5.32 Å². The second kappa shape index (κ2) is 9.27. The zero-order valence-electron chi connectivity index (χ0n) is 14.9. The van der Waals surface area contributed by atoms with E-state index in [1.54, 1.807) is 6.26 Å². The molecule has 0 saturated carbocycles. The predicted octanol–water partition coefficient (Wildman–Crippen LogP) is 3.63. The Labute approximate surface area is 163 Å². The van der Waals surface area contributed by atoms with Gasteiger partial charge in [-0.1, -0.05) is 6.07 Å². The van der Waals surface area contributed by atoms with Gasteiger partial charge in [0.25, 0.3) is 11.6 Å². The molecule has 0 aliphatic rings. The standard InChI is InChI=1S/C18H16F2N2O5S/c1-10(13-5-4-12(19)8-14(13)20)21-17(23)9-27-18(24)11-3-6-16(28-2)15(7-11)22(25)26/h3-8,10H,9H2,1-2H3,(H,21,23)/t10-/m0/s1. The summed E-state index contributed by atoms with van der Waals surface area (Å²) in [6.45, 7) is 0.824. The molecule has 0 unspecified atom stereocenters. The maximum Gasteiger partial charge on any atom is 0.338 e. The normalized spacial score (nSPS) is 11.6. The van der Waals surface area contributed by atoms with Gasteiger partial charge >= 0.3 is 5.97 Å². The van der Waals surface area contributed by atoms with E-state index < -0.39 is 41.1 Å². The minimum atomic E-state index is -0.911. The molecule has 2 aromatic rings. The molecule has 148 valence electrons. The molecule has 2 rings (SSSR count). The van der Waals surface area contributed by atoms with Crippen LogP contribution in [-0.2, 0) is 9.53 Å². The Kier molecular flexibility index (Phi) is 7.05. The fourth-order valence-corrected chi connectivity index (χ4v) is 2.93. The summed E-state index contributed by atoms with van der Waals surface area (Å²) in [6, 6.07) is 6.02. The van der Waals surface area contributed by atoms with E-state index in [1.165, 1.54) is 25.1 Å². The quantitative estimate of drug-likeness (QED) is 0.324. The van der Waals surface area contributed by atoms with Gasteiger partial charge in [0.2, 0.25) is 0 Å². The molecule has 0 aromatic heterocycles. The second-order valence-corrected chi connectivity index (χ2v) is 6.52. The number of benzene rings is 2. The van der Waals surface area contributed by atoms with E-state index >= 15 is 0 Å². The lowest BCUT2D eigenvalue weighted by atomic mass is 10.1. The Hall–Kier alpha value is -3.01. The largest absolute Gasteiger partial charge is 0.452 e. The molecule has 0 spiro atoms. The van der Waals surface area contributed by atoms with Gasteiger partial charge in [-0.25, -0.2) is 13.6 Å². The number of thioether (sulfide) groups is 1. The highest BCUT2D eigenvalue weighted by atomic mass is 32.2. The Morgan fingerprint density at radius 3 is 2.57 bits per heavy atom. The minimum absolute atomic E-state index is 0.0735. The first-order valence-corrected chi connectivity index (χ1v) is 9.19. The molecule has 1 atom stereocenters. The molecule has 7 nitrogen and oxygen atoms in total. The molecular formula is C18H16F2N2O5S. The molecule has 1 amide bonds. The number of halogens is 2. The summed E-state index contributed by atoms with van der Waals surface area (Å²) in [5, 5.41) is 13.5. The molecule has 1 N–H and O–H groups in total. The number of ether oxygens (including phenoxy) is 1. The third kappa shape index (κ3) is 5.26. The van der Waals surface area contributed by atoms with Crippen molar-refractivity contribution < 1.29 is 28.0 Å². The van der Waals surface area contributed by atoms with Crippen LogP contribution in [-0.4, -0.2) is 29.7 Å². The Morgan fingerprint density at radius 2 is 1.96 bits per heavy atom. The van der Waals surface area contributed by atoms with Crippen LogP contribution in [0.4, 0.5) is 14.5 Å². The summed E-state index contributed by atoms with van der Waals surface area (Å²) >= 11 is 1.16. The van der Waals surface area contributed by atoms with Crippen molar-refractivity contribution in [1.82, 2.24) is 5.32 Å². The van der Waals surface area contributed by atoms with Crippen molar-refractivity contribution in [2.24, 2.45) is 0 Å². The van der Waals surface area contributed by atoms with Crippen LogP contribution >= 0.6 is 11.8 Å². The minimum Gasteiger partial charge on any atom is -0.452 e. The van der Waals surface area contributed by atoms with Crippen LogP contribution in [0.25, 0.3) is 0 Å². The summed E-state index contributed by atoms with van der Waals surface area (Å²) in [5.41, 5.74) is -0.244. The van der Waals surface area contributed by atoms with Crippen molar-refractivity contribution in [2.75, 3.05) is 12.9 Å². The zero-order chi connectivity index (χ0) is 20.8. The number of carbonyl (C=O) groups excluding carboxylic acids is 2. The predicted molar refractivity (Wildman–Crippen MR) is 98.1 cm³/mol. The highest BCUT2D eigenvalue weighted by Gasteiger charge is 2.19. The van der Waals surface area contributed by atoms with Crippen LogP contribution in [0.3, 0.4) is 0 Å². The average molecular weight is 410 g/mol. The van der Waals surface area contributed by atoms with Gasteiger partial charge in [-0.2, -0.15) is 0 Å². The van der Waals surface area contributed by atoms with Gasteiger partial charge in [0.15, 0.2) is 6.61 Å². The van der Waals surface area contributed by atoms with E-state index in [9.17, 15) is 28.5 Å². The summed E-state index contributed by atoms with van der Waals surface area (Å²) in [5.74, 6) is -3.17. The first-order valence-electron chi connectivity index (χ1n) is 7.96. The zero-order valence-corrected chi connectivity index (χ0v) is 15.7. The number of carbonyl (C=O) groups is 2. The number of nitrogens with one attached hydrogen (secondary N) is 1. The summed E-state index contributed by atoms with van der Waals surface area (Å²) in [7, 11) is 0. The molecule has 28 heavy (non-hydrogen) atoms. The fraction of sp³-hybridized carbons (Fsp3) is 0.222. The first kappa shape index (κ1) is 21.3. The summed E-state index contributed by atoms with van der Waals surface area (Å²) in [4.78, 5) is 34.8. The number of nitro benzene ring substituents is 1. The lowest BCUT2D eigenvalue weighted by Crippen LogP contribution is -2.31. The first-order chi connectivity index (χ1) is 13.2. The summed E-state index contributed by atoms with van der Waals surface area (Å²) in [6.07, 6.45) is 1.66. The molecule has 0 saturated heterocycles. The van der Waals surface area contributed by atoms with Gasteiger partial charge in [0, 0.05) is 17.7 Å². The number of nitrogens with zero attached hydrogens (tertiary/aromatic N) is 1. The Bertz CT molecular complexity index is 923. The lowest BCUT2D eigenvalue weighted by Gasteiger charge is -2.15. The van der Waals surface area contributed by atoms with Crippen LogP contribution in [0.5, 0.6) is 0 Å². The molecule has 0 aliphatic heterocycles. The van der Waals surface area contributed by atoms with Gasteiger partial charge in [-0.05, 0) is 31.4 Å². The van der Waals surface area contributed by atoms with Gasteiger partial charge in [0.05, 0.1) is 21.4 Å². The molecule has 0 aliphatic carbocycles. The van der Waals surface area contributed by atoms with Crippen molar-refractivity contribution in [3.8, 4) is 0 Å². The third-order valence-corrected chi connectivity index (χ3v) is 4.54. The molecule has 2 aromatic carbocycles. The second-order valence-electron chi connectivity index (χ2n) is 5.67. The van der Waals surface area contributed by atoms with Crippen molar-refractivity contribution in [3.63, 3.8) is 0 Å². The van der Waals surface area contributed by atoms with E-state index in [1.807, 2.05) is 0 Å². The third-order valence-electron chi connectivity index (χ3n) is 3.75. The van der Waals surface area contributed by atoms with Crippen molar-refractivity contribution in [3.05, 3.63) is 69.3 Å². The number of hydrogen-bond donors (Lipinski definition) is 1. The van der Waals surface area contributed by atoms with E-state index in [0.717, 1.165) is 23.9 Å². The van der Waals surface area contributed by atoms with Crippen LogP contribution in [0, 0.1) is 21.7 Å². The average Bonchev–Trinajstić information content (AvgIpc) is 2.65. The van der Waals surface area contributed by atoms with Gasteiger partial charge in [-0.3, -0.25) is 14.9 Å². The highest BCUT2D eigenvalue weighted by molar-refractivity contribution is 7.98. The Balaban J connectivity index is 1.98. The Morgan fingerprint density at radius 1 is 1.25 bits per heavy atom. The molecule has 0 radical (unpaired) electrons. The molecule has 0 fully saturated rings. The molecule has 0 heterocycles. The van der Waals surface area contributed by atoms with Crippen molar-refractivity contribution >= 4 is 29.3 Å². The van der Waals surface area contributed by atoms with Crippen LogP contribution < -0.4 is 5.32 Å². The van der Waals surface area contributed by atoms with Crippen LogP contribution in [0.15, 0.2) is 41.3 Å². The van der Waals surface area contributed by atoms with E-state index in [4.69, 9.17) is 4.74 Å². The smallest absolute Gasteiger partial charge is 0.338 e. The van der Waals surface area contributed by atoms with Gasteiger partial charge < -0.3 is 10.1 Å². The van der Waals surface area contributed by atoms with E-state index in [0.29, 0.717) is 11.0 Å². The SMILES string of the molecule is CSc1ccc(C(=O)OCC(=O)N[C@@H](C)c2ccc(F)cc2F)cc1[N+](=O)[O-]. The molecule has 0 bridgehead atoms. The monoisotopic (exact) mass is 410 g/mol.